The summed E-state index contributed by atoms with van der Waals surface area (Å²) in [6, 6.07) is 10.5. The van der Waals surface area contributed by atoms with Crippen LogP contribution in [0, 0.1) is 5.92 Å². The summed E-state index contributed by atoms with van der Waals surface area (Å²) < 4.78 is 44.4. The fraction of sp³-hybridized carbons (Fsp3) is 0.483. The van der Waals surface area contributed by atoms with Crippen LogP contribution in [0.2, 0.25) is 0 Å². The molecule has 1 aromatic heterocycles. The molecule has 200 valence electrons. The minimum Gasteiger partial charge on any atom is -0.320 e. The second-order valence-corrected chi connectivity index (χ2v) is 11.7. The SMILES string of the molecule is Cn1cnnc1[C@]1(c2cccc(N3Cc4c(cc(CNC5(C)CCC5)cc4C(F)(F)F)C3=O)c2)C[C@@H](C)C1. The summed E-state index contributed by atoms with van der Waals surface area (Å²) in [5, 5.41) is 11.9. The molecule has 2 saturated carbocycles. The minimum atomic E-state index is -4.55. The van der Waals surface area contributed by atoms with E-state index in [0.29, 0.717) is 23.7 Å². The summed E-state index contributed by atoms with van der Waals surface area (Å²) in [7, 11) is 1.92. The number of benzene rings is 2. The summed E-state index contributed by atoms with van der Waals surface area (Å²) >= 11 is 0. The van der Waals surface area contributed by atoms with Gasteiger partial charge in [-0.3, -0.25) is 4.79 Å². The monoisotopic (exact) mass is 523 g/mol. The summed E-state index contributed by atoms with van der Waals surface area (Å²) in [6.45, 7) is 4.47. The quantitative estimate of drug-likeness (QED) is 0.448. The Morgan fingerprint density at radius 1 is 1.16 bits per heavy atom. The normalized spacial score (nSPS) is 24.2. The molecule has 2 heterocycles. The number of aryl methyl sites for hydroxylation is 1. The lowest BCUT2D eigenvalue weighted by Crippen LogP contribution is -2.47. The molecule has 9 heteroatoms. The number of halogens is 3. The van der Waals surface area contributed by atoms with Crippen molar-refractivity contribution in [2.24, 2.45) is 13.0 Å². The van der Waals surface area contributed by atoms with Crippen molar-refractivity contribution >= 4 is 11.6 Å². The Morgan fingerprint density at radius 3 is 2.53 bits per heavy atom. The number of fused-ring (bicyclic) bond motifs is 1. The van der Waals surface area contributed by atoms with E-state index >= 15 is 0 Å². The van der Waals surface area contributed by atoms with Crippen LogP contribution in [0.3, 0.4) is 0 Å². The molecule has 1 N–H and O–H groups in total. The molecule has 6 rings (SSSR count). The molecule has 1 aliphatic heterocycles. The number of alkyl halides is 3. The van der Waals surface area contributed by atoms with E-state index in [1.165, 1.54) is 11.0 Å². The fourth-order valence-electron chi connectivity index (χ4n) is 6.60. The highest BCUT2D eigenvalue weighted by atomic mass is 19.4. The van der Waals surface area contributed by atoms with Crippen LogP contribution in [0.1, 0.15) is 84.4 Å². The summed E-state index contributed by atoms with van der Waals surface area (Å²) in [5.74, 6) is 0.978. The van der Waals surface area contributed by atoms with E-state index in [9.17, 15) is 18.0 Å². The van der Waals surface area contributed by atoms with Gasteiger partial charge in [-0.2, -0.15) is 13.2 Å². The van der Waals surface area contributed by atoms with Crippen molar-refractivity contribution in [2.75, 3.05) is 4.90 Å². The molecule has 3 aromatic rings. The third-order valence-electron chi connectivity index (χ3n) is 8.83. The smallest absolute Gasteiger partial charge is 0.320 e. The molecule has 3 aliphatic rings. The van der Waals surface area contributed by atoms with Gasteiger partial charge >= 0.3 is 6.18 Å². The van der Waals surface area contributed by atoms with Crippen LogP contribution in [0.15, 0.2) is 42.7 Å². The topological polar surface area (TPSA) is 63.1 Å². The van der Waals surface area contributed by atoms with Gasteiger partial charge in [0.15, 0.2) is 0 Å². The van der Waals surface area contributed by atoms with Gasteiger partial charge in [0.1, 0.15) is 12.2 Å². The number of nitrogens with zero attached hydrogens (tertiary/aromatic N) is 4. The van der Waals surface area contributed by atoms with Crippen LogP contribution >= 0.6 is 0 Å². The summed E-state index contributed by atoms with van der Waals surface area (Å²) in [4.78, 5) is 15.1. The summed E-state index contributed by atoms with van der Waals surface area (Å²) in [5.41, 5.74) is 1.17. The molecular formula is C29H32F3N5O. The van der Waals surface area contributed by atoms with Crippen molar-refractivity contribution in [3.63, 3.8) is 0 Å². The number of carbonyl (C=O) groups excluding carboxylic acids is 1. The van der Waals surface area contributed by atoms with Crippen molar-refractivity contribution in [2.45, 2.75) is 76.2 Å². The predicted octanol–water partition coefficient (Wildman–Crippen LogP) is 5.74. The van der Waals surface area contributed by atoms with Crippen LogP contribution in [-0.4, -0.2) is 26.2 Å². The lowest BCUT2D eigenvalue weighted by molar-refractivity contribution is -0.138. The summed E-state index contributed by atoms with van der Waals surface area (Å²) in [6.07, 6.45) is 2.04. The van der Waals surface area contributed by atoms with Gasteiger partial charge in [-0.1, -0.05) is 19.1 Å². The van der Waals surface area contributed by atoms with Crippen LogP contribution in [-0.2, 0) is 31.7 Å². The largest absolute Gasteiger partial charge is 0.416 e. The van der Waals surface area contributed by atoms with E-state index in [2.05, 4.69) is 29.4 Å². The standard InChI is InChI=1S/C29H32F3N5O/c1-18-13-28(14-18,26-35-34-17-36(26)3)20-6-4-7-21(12-20)37-16-23-22(25(37)38)10-19(11-24(23)29(30,31)32)15-33-27(2)8-5-9-27/h4,6-7,10-12,17-18,33H,5,8-9,13-16H2,1-3H3/t18-,28-. The highest BCUT2D eigenvalue weighted by Gasteiger charge is 2.48. The van der Waals surface area contributed by atoms with Crippen LogP contribution in [0.5, 0.6) is 0 Å². The van der Waals surface area contributed by atoms with Crippen molar-refractivity contribution in [1.82, 2.24) is 20.1 Å². The first-order chi connectivity index (χ1) is 18.0. The van der Waals surface area contributed by atoms with Crippen molar-refractivity contribution in [1.29, 1.82) is 0 Å². The fourth-order valence-corrected chi connectivity index (χ4v) is 6.60. The first-order valence-electron chi connectivity index (χ1n) is 13.2. The third-order valence-corrected chi connectivity index (χ3v) is 8.83. The van der Waals surface area contributed by atoms with E-state index in [0.717, 1.165) is 43.5 Å². The minimum absolute atomic E-state index is 0.0480. The third kappa shape index (κ3) is 4.02. The maximum atomic E-state index is 14.2. The highest BCUT2D eigenvalue weighted by Crippen LogP contribution is 2.52. The molecule has 2 aliphatic carbocycles. The number of nitrogens with one attached hydrogen (secondary N) is 1. The number of rotatable bonds is 6. The zero-order valence-electron chi connectivity index (χ0n) is 21.9. The molecule has 2 aromatic carbocycles. The molecule has 0 bridgehead atoms. The van der Waals surface area contributed by atoms with Gasteiger partial charge < -0.3 is 14.8 Å². The maximum absolute atomic E-state index is 14.2. The number of aromatic nitrogens is 3. The average Bonchev–Trinajstić information content (AvgIpc) is 3.41. The Bertz CT molecular complexity index is 1400. The first-order valence-corrected chi connectivity index (χ1v) is 13.2. The highest BCUT2D eigenvalue weighted by molar-refractivity contribution is 6.10. The van der Waals surface area contributed by atoms with Crippen LogP contribution in [0.4, 0.5) is 18.9 Å². The molecule has 1 amide bonds. The van der Waals surface area contributed by atoms with Crippen molar-refractivity contribution in [3.8, 4) is 0 Å². The zero-order chi connectivity index (χ0) is 26.9. The Hall–Kier alpha value is -3.20. The Morgan fingerprint density at radius 2 is 1.92 bits per heavy atom. The number of hydrogen-bond acceptors (Lipinski definition) is 4. The first kappa shape index (κ1) is 25.1. The predicted molar refractivity (Wildman–Crippen MR) is 138 cm³/mol. The molecule has 38 heavy (non-hydrogen) atoms. The van der Waals surface area contributed by atoms with E-state index < -0.39 is 17.6 Å². The maximum Gasteiger partial charge on any atom is 0.416 e. The lowest BCUT2D eigenvalue weighted by atomic mass is 9.58. The molecule has 0 atom stereocenters. The van der Waals surface area contributed by atoms with Gasteiger partial charge in [0.2, 0.25) is 0 Å². The van der Waals surface area contributed by atoms with E-state index in [-0.39, 0.29) is 28.6 Å². The molecule has 0 unspecified atom stereocenters. The van der Waals surface area contributed by atoms with Gasteiger partial charge in [-0.15, -0.1) is 10.2 Å². The van der Waals surface area contributed by atoms with Crippen molar-refractivity contribution in [3.05, 3.63) is 76.4 Å². The number of anilines is 1. The molecule has 2 fully saturated rings. The number of carbonyl (C=O) groups is 1. The van der Waals surface area contributed by atoms with Gasteiger partial charge in [-0.25, -0.2) is 0 Å². The molecule has 0 radical (unpaired) electrons. The van der Waals surface area contributed by atoms with Gasteiger partial charge in [0.05, 0.1) is 17.5 Å². The molecule has 6 nitrogen and oxygen atoms in total. The second-order valence-electron chi connectivity index (χ2n) is 11.7. The number of amides is 1. The Labute approximate surface area is 220 Å². The zero-order valence-corrected chi connectivity index (χ0v) is 21.9. The number of hydrogen-bond donors (Lipinski definition) is 1. The van der Waals surface area contributed by atoms with E-state index in [4.69, 9.17) is 0 Å². The van der Waals surface area contributed by atoms with E-state index in [1.807, 2.05) is 29.8 Å². The van der Waals surface area contributed by atoms with Gasteiger partial charge in [-0.05, 0) is 85.9 Å². The molecular weight excluding hydrogens is 491 g/mol. The second kappa shape index (κ2) is 8.66. The Kier molecular flexibility index (Phi) is 5.72. The lowest BCUT2D eigenvalue weighted by Gasteiger charge is -2.46. The van der Waals surface area contributed by atoms with E-state index in [1.54, 1.807) is 18.5 Å². The van der Waals surface area contributed by atoms with Gasteiger partial charge in [0, 0.05) is 30.4 Å². The van der Waals surface area contributed by atoms with Crippen LogP contribution < -0.4 is 10.2 Å². The van der Waals surface area contributed by atoms with Gasteiger partial charge in [0.25, 0.3) is 5.91 Å². The molecule has 0 saturated heterocycles. The average molecular weight is 524 g/mol. The molecule has 0 spiro atoms. The van der Waals surface area contributed by atoms with Crippen LogP contribution in [0.25, 0.3) is 0 Å². The Balaban J connectivity index is 1.34. The van der Waals surface area contributed by atoms with Crippen molar-refractivity contribution < 1.29 is 18.0 Å².